The third kappa shape index (κ3) is 27.9. The van der Waals surface area contributed by atoms with Crippen molar-refractivity contribution in [1.29, 1.82) is 0 Å². The molecule has 0 spiro atoms. The fourth-order valence-corrected chi connectivity index (χ4v) is 1.96. The van der Waals surface area contributed by atoms with E-state index in [4.69, 9.17) is 0 Å². The first-order chi connectivity index (χ1) is 8.91. The minimum atomic E-state index is 0. The van der Waals surface area contributed by atoms with E-state index in [0.29, 0.717) is 0 Å². The van der Waals surface area contributed by atoms with E-state index in [0.717, 1.165) is 6.42 Å². The molecular weight excluding hydrogens is 454 g/mol. The molecule has 114 valence electrons. The molecule has 0 aromatic rings. The van der Waals surface area contributed by atoms with Gasteiger partial charge in [-0.05, 0) is 0 Å². The van der Waals surface area contributed by atoms with Crippen molar-refractivity contribution in [2.75, 3.05) is 0 Å². The minimum Gasteiger partial charge on any atom is -0.501 e. The van der Waals surface area contributed by atoms with Gasteiger partial charge in [0.25, 0.3) is 0 Å². The predicted molar refractivity (Wildman–Crippen MR) is 85.9 cm³/mol. The van der Waals surface area contributed by atoms with Crippen LogP contribution in [0.25, 0.3) is 0 Å². The Morgan fingerprint density at radius 2 is 1.11 bits per heavy atom. The van der Waals surface area contributed by atoms with Crippen LogP contribution in [0.3, 0.4) is 0 Å². The van der Waals surface area contributed by atoms with E-state index in [2.05, 4.69) is 26.0 Å². The summed E-state index contributed by atoms with van der Waals surface area (Å²) in [5, 5.41) is 0. The van der Waals surface area contributed by atoms with Crippen LogP contribution in [-0.4, -0.2) is 0 Å². The van der Waals surface area contributed by atoms with Crippen molar-refractivity contribution >= 4 is 0 Å². The van der Waals surface area contributed by atoms with E-state index in [1.165, 1.54) is 70.6 Å². The van der Waals surface area contributed by atoms with Gasteiger partial charge < -0.3 is 6.08 Å². The number of rotatable bonds is 12. The Bertz CT molecular complexity index is 141. The minimum absolute atomic E-state index is 0. The number of allylic oxidation sites excluding steroid dienone is 2. The summed E-state index contributed by atoms with van der Waals surface area (Å²) in [4.78, 5) is 0. The summed E-state index contributed by atoms with van der Waals surface area (Å²) >= 11 is 0. The maximum absolute atomic E-state index is 3.34. The van der Waals surface area contributed by atoms with Crippen LogP contribution < -0.4 is 0 Å². The molecule has 0 unspecified atom stereocenters. The molecule has 0 amide bonds. The van der Waals surface area contributed by atoms with Gasteiger partial charge in [-0.3, -0.25) is 6.08 Å². The predicted octanol–water partition coefficient (Wildman–Crippen LogP) is 7.09. The van der Waals surface area contributed by atoms with Crippen molar-refractivity contribution in [3.8, 4) is 0 Å². The molecule has 0 rings (SSSR count). The Morgan fingerprint density at radius 3 is 1.53 bits per heavy atom. The molecule has 19 heavy (non-hydrogen) atoms. The Hall–Kier alpha value is 0.792. The third-order valence-corrected chi connectivity index (χ3v) is 3.02. The van der Waals surface area contributed by atoms with E-state index in [1.54, 1.807) is 0 Å². The Labute approximate surface area is 147 Å². The van der Waals surface area contributed by atoms with Crippen molar-refractivity contribution in [2.24, 2.45) is 0 Å². The first-order valence-electron chi connectivity index (χ1n) is 8.46. The van der Waals surface area contributed by atoms with Gasteiger partial charge >= 0.3 is 0 Å². The first kappa shape index (κ1) is 24.8. The molecule has 0 radical (unpaired) electrons. The smallest absolute Gasteiger partial charge is 0 e. The molecule has 0 aliphatic carbocycles. The normalized spacial score (nSPS) is 9.89. The summed E-state index contributed by atoms with van der Waals surface area (Å²) in [5.74, 6) is 0. The van der Waals surface area contributed by atoms with Crippen molar-refractivity contribution in [1.82, 2.24) is 0 Å². The van der Waals surface area contributed by atoms with Gasteiger partial charge in [-0.25, -0.2) is 0 Å². The van der Waals surface area contributed by atoms with Crippen LogP contribution in [0, 0.1) is 37.2 Å². The second-order valence-corrected chi connectivity index (χ2v) is 4.75. The van der Waals surface area contributed by atoms with E-state index in [-0.39, 0.29) is 31.1 Å². The standard InChI is InChI=1S/C16H31.C2H6.U/c1-3-5-7-9-11-13-15-16-14-12-10-8-6-4-2;1-2;/h5H,3-4,6,8-16H2,1-2H3;1-2H3;/q-1;;. The largest absolute Gasteiger partial charge is 0.501 e. The molecule has 0 aliphatic heterocycles. The topological polar surface area (TPSA) is 0 Å². The number of hydrogen-bond acceptors (Lipinski definition) is 0. The third-order valence-electron chi connectivity index (χ3n) is 3.02. The molecule has 1 heteroatoms. The van der Waals surface area contributed by atoms with Crippen molar-refractivity contribution < 1.29 is 31.1 Å². The zero-order chi connectivity index (χ0) is 13.9. The van der Waals surface area contributed by atoms with Gasteiger partial charge in [0.1, 0.15) is 0 Å². The zero-order valence-corrected chi connectivity index (χ0v) is 18.2. The number of unbranched alkanes of at least 4 members (excludes halogenated alkanes) is 10. The summed E-state index contributed by atoms with van der Waals surface area (Å²) in [7, 11) is 0. The fraction of sp³-hybridized carbons (Fsp3) is 0.889. The summed E-state index contributed by atoms with van der Waals surface area (Å²) in [6.45, 7) is 8.45. The van der Waals surface area contributed by atoms with Gasteiger partial charge in [0, 0.05) is 31.1 Å². The molecule has 0 bridgehead atoms. The van der Waals surface area contributed by atoms with Gasteiger partial charge in [-0.1, -0.05) is 98.3 Å². The molecule has 0 saturated heterocycles. The average Bonchev–Trinajstić information content (AvgIpc) is 2.42. The summed E-state index contributed by atoms with van der Waals surface area (Å²) in [5.41, 5.74) is 0. The molecule has 0 N–H and O–H groups in total. The number of hydrogen-bond donors (Lipinski definition) is 0. The van der Waals surface area contributed by atoms with E-state index in [1.807, 2.05) is 13.8 Å². The summed E-state index contributed by atoms with van der Waals surface area (Å²) in [6.07, 6.45) is 22.0. The van der Waals surface area contributed by atoms with E-state index >= 15 is 0 Å². The van der Waals surface area contributed by atoms with Gasteiger partial charge in [0.15, 0.2) is 0 Å². The van der Waals surface area contributed by atoms with Crippen LogP contribution in [-0.2, 0) is 0 Å². The molecule has 0 aromatic carbocycles. The summed E-state index contributed by atoms with van der Waals surface area (Å²) < 4.78 is 0. The van der Waals surface area contributed by atoms with Crippen molar-refractivity contribution in [3.05, 3.63) is 12.2 Å². The molecule has 0 aliphatic rings. The maximum atomic E-state index is 3.34. The molecule has 0 heterocycles. The maximum Gasteiger partial charge on any atom is 0 e. The van der Waals surface area contributed by atoms with E-state index in [9.17, 15) is 0 Å². The van der Waals surface area contributed by atoms with Gasteiger partial charge in [-0.2, -0.15) is 6.42 Å². The Morgan fingerprint density at radius 1 is 0.684 bits per heavy atom. The second-order valence-electron chi connectivity index (χ2n) is 4.75. The van der Waals surface area contributed by atoms with Gasteiger partial charge in [0.2, 0.25) is 0 Å². The van der Waals surface area contributed by atoms with E-state index < -0.39 is 0 Å². The van der Waals surface area contributed by atoms with Crippen LogP contribution in [0.4, 0.5) is 0 Å². The van der Waals surface area contributed by atoms with Crippen LogP contribution >= 0.6 is 0 Å². The zero-order valence-electron chi connectivity index (χ0n) is 14.1. The Balaban J connectivity index is -0.000000809. The average molecular weight is 492 g/mol. The molecule has 0 nitrogen and oxygen atoms in total. The summed E-state index contributed by atoms with van der Waals surface area (Å²) in [6, 6.07) is 0. The van der Waals surface area contributed by atoms with Crippen LogP contribution in [0.15, 0.2) is 6.08 Å². The molecule has 0 saturated carbocycles. The fourth-order valence-electron chi connectivity index (χ4n) is 1.96. The SMILES string of the molecule is CC.CCC=[C-]CCCCCCCCCCCC.[U]. The van der Waals surface area contributed by atoms with Crippen LogP contribution in [0.1, 0.15) is 105 Å². The quantitative estimate of drug-likeness (QED) is 0.202. The molecule has 0 atom stereocenters. The molecule has 0 aromatic heterocycles. The molecule has 0 fully saturated rings. The Kier molecular flexibility index (Phi) is 35.5. The van der Waals surface area contributed by atoms with Crippen LogP contribution in [0.2, 0.25) is 0 Å². The van der Waals surface area contributed by atoms with Gasteiger partial charge in [0.05, 0.1) is 0 Å². The van der Waals surface area contributed by atoms with Crippen molar-refractivity contribution in [3.63, 3.8) is 0 Å². The monoisotopic (exact) mass is 491 g/mol. The van der Waals surface area contributed by atoms with Gasteiger partial charge in [-0.15, -0.1) is 0 Å². The van der Waals surface area contributed by atoms with Crippen LogP contribution in [0.5, 0.6) is 0 Å². The molecular formula is C18H37U-. The second kappa shape index (κ2) is 27.2. The first-order valence-corrected chi connectivity index (χ1v) is 8.46. The van der Waals surface area contributed by atoms with Crippen molar-refractivity contribution in [2.45, 2.75) is 105 Å².